The van der Waals surface area contributed by atoms with Gasteiger partial charge in [-0.15, -0.1) is 24.0 Å². The molecule has 1 aromatic heterocycles. The van der Waals surface area contributed by atoms with Crippen LogP contribution in [-0.4, -0.2) is 74.7 Å². The van der Waals surface area contributed by atoms with Crippen LogP contribution in [0.3, 0.4) is 0 Å². The summed E-state index contributed by atoms with van der Waals surface area (Å²) in [5, 5.41) is 9.87. The van der Waals surface area contributed by atoms with Gasteiger partial charge in [-0.1, -0.05) is 0 Å². The predicted octanol–water partition coefficient (Wildman–Crippen LogP) is 1.84. The van der Waals surface area contributed by atoms with E-state index in [4.69, 9.17) is 9.47 Å². The van der Waals surface area contributed by atoms with Crippen LogP contribution in [-0.2, 0) is 11.2 Å². The van der Waals surface area contributed by atoms with Crippen molar-refractivity contribution in [1.82, 2.24) is 25.8 Å². The molecule has 0 bridgehead atoms. The van der Waals surface area contributed by atoms with E-state index in [1.165, 1.54) is 4.90 Å². The number of H-pyrrole nitrogens is 1. The molecule has 10 nitrogen and oxygen atoms in total. The molecule has 1 fully saturated rings. The number of amides is 3. The van der Waals surface area contributed by atoms with Crippen LogP contribution in [0.1, 0.15) is 19.0 Å². The van der Waals surface area contributed by atoms with Crippen LogP contribution in [0.15, 0.2) is 23.2 Å². The first-order chi connectivity index (χ1) is 15.0. The van der Waals surface area contributed by atoms with Crippen LogP contribution >= 0.6 is 24.0 Å². The molecule has 3 rings (SSSR count). The second-order valence-corrected chi connectivity index (χ2v) is 7.08. The topological polar surface area (TPSA) is 120 Å². The number of aliphatic imine (C=N–C) groups is 1. The highest BCUT2D eigenvalue weighted by atomic mass is 127. The number of carbonyl (C=O) groups excluding carboxylic acids is 2. The normalized spacial score (nSPS) is 13.7. The van der Waals surface area contributed by atoms with Crippen molar-refractivity contribution in [2.75, 3.05) is 46.9 Å². The first kappa shape index (κ1) is 25.6. The summed E-state index contributed by atoms with van der Waals surface area (Å²) in [6, 6.07) is 5.58. The largest absolute Gasteiger partial charge is 0.497 e. The number of nitrogens with one attached hydrogen (secondary N) is 4. The second-order valence-electron chi connectivity index (χ2n) is 7.08. The molecule has 0 aliphatic carbocycles. The van der Waals surface area contributed by atoms with E-state index in [-0.39, 0.29) is 42.5 Å². The Labute approximate surface area is 204 Å². The summed E-state index contributed by atoms with van der Waals surface area (Å²) in [6.07, 6.45) is 1.70. The zero-order valence-electron chi connectivity index (χ0n) is 18.6. The van der Waals surface area contributed by atoms with E-state index in [0.29, 0.717) is 25.6 Å². The van der Waals surface area contributed by atoms with E-state index in [1.54, 1.807) is 14.2 Å². The highest BCUT2D eigenvalue weighted by molar-refractivity contribution is 14.0. The Balaban J connectivity index is 0.00000363. The van der Waals surface area contributed by atoms with Gasteiger partial charge in [-0.05, 0) is 25.8 Å². The molecule has 1 aliphatic rings. The van der Waals surface area contributed by atoms with Crippen molar-refractivity contribution < 1.29 is 19.1 Å². The molecule has 2 heterocycles. The van der Waals surface area contributed by atoms with Gasteiger partial charge in [-0.25, -0.2) is 4.79 Å². The minimum Gasteiger partial charge on any atom is -0.497 e. The van der Waals surface area contributed by atoms with Gasteiger partial charge in [0.2, 0.25) is 5.91 Å². The molecule has 3 amide bonds. The third-order valence-electron chi connectivity index (χ3n) is 4.97. The lowest BCUT2D eigenvalue weighted by Gasteiger charge is -2.15. The van der Waals surface area contributed by atoms with E-state index in [9.17, 15) is 9.59 Å². The van der Waals surface area contributed by atoms with Crippen molar-refractivity contribution >= 4 is 52.8 Å². The molecule has 0 radical (unpaired) electrons. The summed E-state index contributed by atoms with van der Waals surface area (Å²) in [4.78, 5) is 32.4. The third kappa shape index (κ3) is 6.40. The fourth-order valence-corrected chi connectivity index (χ4v) is 3.43. The summed E-state index contributed by atoms with van der Waals surface area (Å²) in [6.45, 7) is 4.15. The van der Waals surface area contributed by atoms with Crippen LogP contribution in [0.25, 0.3) is 10.9 Å². The highest BCUT2D eigenvalue weighted by Gasteiger charge is 2.27. The summed E-state index contributed by atoms with van der Waals surface area (Å²) < 4.78 is 10.8. The Hall–Kier alpha value is -2.70. The number of aromatic amines is 1. The third-order valence-corrected chi connectivity index (χ3v) is 4.97. The molecule has 4 N–H and O–H groups in total. The number of aromatic nitrogens is 1. The van der Waals surface area contributed by atoms with Gasteiger partial charge in [0, 0.05) is 49.4 Å². The van der Waals surface area contributed by atoms with Crippen molar-refractivity contribution in [1.29, 1.82) is 0 Å². The number of halogens is 1. The zero-order chi connectivity index (χ0) is 22.2. The van der Waals surface area contributed by atoms with Gasteiger partial charge in [0.05, 0.1) is 26.3 Å². The lowest BCUT2D eigenvalue weighted by molar-refractivity contribution is -0.124. The fourth-order valence-electron chi connectivity index (χ4n) is 3.43. The van der Waals surface area contributed by atoms with Crippen LogP contribution in [0, 0.1) is 0 Å². The Morgan fingerprint density at radius 2 is 2.00 bits per heavy atom. The second kappa shape index (κ2) is 12.4. The minimum atomic E-state index is -0.346. The Morgan fingerprint density at radius 3 is 2.66 bits per heavy atom. The molecule has 11 heteroatoms. The molecule has 1 saturated heterocycles. The number of methoxy groups -OCH3 is 2. The van der Waals surface area contributed by atoms with E-state index in [2.05, 4.69) is 32.0 Å². The summed E-state index contributed by atoms with van der Waals surface area (Å²) in [5.74, 6) is 1.98. The lowest BCUT2D eigenvalue weighted by Crippen LogP contribution is -2.43. The zero-order valence-corrected chi connectivity index (χ0v) is 20.9. The number of imide groups is 1. The highest BCUT2D eigenvalue weighted by Crippen LogP contribution is 2.31. The first-order valence-corrected chi connectivity index (χ1v) is 10.4. The van der Waals surface area contributed by atoms with Gasteiger partial charge in [-0.2, -0.15) is 0 Å². The Bertz CT molecular complexity index is 945. The Morgan fingerprint density at radius 1 is 1.19 bits per heavy atom. The van der Waals surface area contributed by atoms with Crippen molar-refractivity contribution in [2.45, 2.75) is 19.8 Å². The number of aryl methyl sites for hydroxylation is 1. The molecule has 0 saturated carbocycles. The van der Waals surface area contributed by atoms with Gasteiger partial charge in [0.25, 0.3) is 0 Å². The van der Waals surface area contributed by atoms with Crippen LogP contribution in [0.2, 0.25) is 0 Å². The average Bonchev–Trinajstić information content (AvgIpc) is 3.33. The molecule has 1 aromatic carbocycles. The van der Waals surface area contributed by atoms with Gasteiger partial charge in [0.15, 0.2) is 5.96 Å². The van der Waals surface area contributed by atoms with Gasteiger partial charge < -0.3 is 30.4 Å². The molecule has 176 valence electrons. The quantitative estimate of drug-likeness (QED) is 0.116. The molecule has 0 spiro atoms. The molecule has 0 unspecified atom stereocenters. The standard InChI is InChI=1S/C21H30N6O4.HI/c1-4-22-20(24-8-9-27-19(28)13-25-21(27)29)23-7-5-6-14-10-16-17(26-14)11-15(30-2)12-18(16)31-3;/h10-12,26H,4-9,13H2,1-3H3,(H,25,29)(H2,22,23,24);1H. The predicted molar refractivity (Wildman–Crippen MR) is 134 cm³/mol. The minimum absolute atomic E-state index is 0. The van der Waals surface area contributed by atoms with Crippen LogP contribution in [0.5, 0.6) is 11.5 Å². The number of hydrogen-bond donors (Lipinski definition) is 4. The van der Waals surface area contributed by atoms with Crippen molar-refractivity contribution in [2.24, 2.45) is 4.99 Å². The summed E-state index contributed by atoms with van der Waals surface area (Å²) in [5.41, 5.74) is 2.08. The molecule has 1 aliphatic heterocycles. The monoisotopic (exact) mass is 558 g/mol. The fraction of sp³-hybridized carbons (Fsp3) is 0.476. The van der Waals surface area contributed by atoms with Gasteiger partial charge in [0.1, 0.15) is 11.5 Å². The van der Waals surface area contributed by atoms with Crippen molar-refractivity contribution in [3.05, 3.63) is 23.9 Å². The number of ether oxygens (including phenoxy) is 2. The molecule has 0 atom stereocenters. The first-order valence-electron chi connectivity index (χ1n) is 10.4. The summed E-state index contributed by atoms with van der Waals surface area (Å²) >= 11 is 0. The number of benzene rings is 1. The molecule has 2 aromatic rings. The van der Waals surface area contributed by atoms with Crippen molar-refractivity contribution in [3.63, 3.8) is 0 Å². The van der Waals surface area contributed by atoms with Crippen molar-refractivity contribution in [3.8, 4) is 11.5 Å². The maximum Gasteiger partial charge on any atom is 0.324 e. The number of hydrogen-bond acceptors (Lipinski definition) is 5. The van der Waals surface area contributed by atoms with E-state index >= 15 is 0 Å². The number of urea groups is 1. The number of guanidine groups is 1. The van der Waals surface area contributed by atoms with Crippen LogP contribution < -0.4 is 25.4 Å². The van der Waals surface area contributed by atoms with Crippen LogP contribution in [0.4, 0.5) is 4.79 Å². The number of fused-ring (bicyclic) bond motifs is 1. The molecule has 32 heavy (non-hydrogen) atoms. The lowest BCUT2D eigenvalue weighted by atomic mass is 10.2. The maximum absolute atomic E-state index is 11.6. The average molecular weight is 558 g/mol. The smallest absolute Gasteiger partial charge is 0.324 e. The van der Waals surface area contributed by atoms with E-state index in [1.807, 2.05) is 19.1 Å². The van der Waals surface area contributed by atoms with Gasteiger partial charge in [-0.3, -0.25) is 14.7 Å². The molecular weight excluding hydrogens is 527 g/mol. The molecular formula is C21H31IN6O4. The number of nitrogens with zero attached hydrogens (tertiary/aromatic N) is 2. The van der Waals surface area contributed by atoms with E-state index < -0.39 is 0 Å². The van der Waals surface area contributed by atoms with Gasteiger partial charge >= 0.3 is 6.03 Å². The SMILES string of the molecule is CCNC(=NCCCc1cc2c(OC)cc(OC)cc2[nH]1)NCCN1C(=O)CNC1=O.I. The summed E-state index contributed by atoms with van der Waals surface area (Å²) in [7, 11) is 3.28. The number of carbonyl (C=O) groups is 2. The number of rotatable bonds is 10. The van der Waals surface area contributed by atoms with E-state index in [0.717, 1.165) is 47.5 Å². The maximum atomic E-state index is 11.6. The Kier molecular flexibility index (Phi) is 9.88.